The first kappa shape index (κ1) is 14.9. The fraction of sp³-hybridized carbons (Fsp3) is 0.800. The fourth-order valence-corrected chi connectivity index (χ4v) is 1.20. The average molecular weight is 233 g/mol. The minimum absolute atomic E-state index is 0.0571. The van der Waals surface area contributed by atoms with Gasteiger partial charge in [-0.25, -0.2) is 5.48 Å². The van der Waals surface area contributed by atoms with Gasteiger partial charge in [0, 0.05) is 13.5 Å². The molecule has 16 heavy (non-hydrogen) atoms. The van der Waals surface area contributed by atoms with Crippen molar-refractivity contribution < 1.29 is 24.3 Å². The molecule has 0 saturated carbocycles. The van der Waals surface area contributed by atoms with E-state index in [0.717, 1.165) is 0 Å². The van der Waals surface area contributed by atoms with E-state index in [1.807, 2.05) is 0 Å². The fourth-order valence-electron chi connectivity index (χ4n) is 1.20. The summed E-state index contributed by atoms with van der Waals surface area (Å²) >= 11 is 0. The maximum Gasteiger partial charge on any atom is 0.303 e. The number of hydrogen-bond donors (Lipinski definition) is 2. The van der Waals surface area contributed by atoms with Gasteiger partial charge < -0.3 is 9.84 Å². The lowest BCUT2D eigenvalue weighted by molar-refractivity contribution is -0.141. The Balaban J connectivity index is 3.80. The molecule has 6 heteroatoms. The van der Waals surface area contributed by atoms with Crippen molar-refractivity contribution in [3.05, 3.63) is 0 Å². The lowest BCUT2D eigenvalue weighted by Crippen LogP contribution is -2.31. The van der Waals surface area contributed by atoms with Crippen molar-refractivity contribution in [3.8, 4) is 0 Å². The Morgan fingerprint density at radius 1 is 1.25 bits per heavy atom. The van der Waals surface area contributed by atoms with E-state index in [-0.39, 0.29) is 25.4 Å². The molecule has 0 spiro atoms. The first-order valence-electron chi connectivity index (χ1n) is 4.99. The Bertz CT molecular complexity index is 239. The number of carboxylic acid groups (broad SMARTS) is 1. The van der Waals surface area contributed by atoms with Gasteiger partial charge in [0.25, 0.3) is 0 Å². The number of methoxy groups -OCH3 is 1. The van der Waals surface area contributed by atoms with Gasteiger partial charge in [0.2, 0.25) is 5.91 Å². The zero-order valence-corrected chi connectivity index (χ0v) is 9.91. The number of nitrogens with one attached hydrogen (secondary N) is 1. The summed E-state index contributed by atoms with van der Waals surface area (Å²) in [5, 5.41) is 8.63. The highest BCUT2D eigenvalue weighted by atomic mass is 16.7. The quantitative estimate of drug-likeness (QED) is 0.473. The van der Waals surface area contributed by atoms with E-state index in [1.54, 1.807) is 13.8 Å². The number of hydrogen-bond acceptors (Lipinski definition) is 4. The Kier molecular flexibility index (Phi) is 6.67. The zero-order chi connectivity index (χ0) is 12.6. The molecule has 0 fully saturated rings. The van der Waals surface area contributed by atoms with Crippen molar-refractivity contribution >= 4 is 11.9 Å². The van der Waals surface area contributed by atoms with Crippen molar-refractivity contribution in [2.75, 3.05) is 20.3 Å². The highest BCUT2D eigenvalue weighted by molar-refractivity contribution is 5.76. The molecule has 0 heterocycles. The molecule has 0 unspecified atom stereocenters. The molecule has 0 rings (SSSR count). The van der Waals surface area contributed by atoms with Crippen LogP contribution in [0.2, 0.25) is 0 Å². The third-order valence-electron chi connectivity index (χ3n) is 1.84. The van der Waals surface area contributed by atoms with Gasteiger partial charge in [0.1, 0.15) is 0 Å². The average Bonchev–Trinajstić information content (AvgIpc) is 2.09. The lowest BCUT2D eigenvalue weighted by Gasteiger charge is -2.21. The van der Waals surface area contributed by atoms with Gasteiger partial charge in [0.05, 0.1) is 19.6 Å². The van der Waals surface area contributed by atoms with Gasteiger partial charge in [-0.15, -0.1) is 0 Å². The van der Waals surface area contributed by atoms with Gasteiger partial charge >= 0.3 is 5.97 Å². The van der Waals surface area contributed by atoms with Gasteiger partial charge in [-0.2, -0.15) is 0 Å². The van der Waals surface area contributed by atoms with Crippen molar-refractivity contribution in [2.24, 2.45) is 5.41 Å². The summed E-state index contributed by atoms with van der Waals surface area (Å²) in [7, 11) is 1.53. The van der Waals surface area contributed by atoms with Crippen LogP contribution in [0.4, 0.5) is 0 Å². The monoisotopic (exact) mass is 233 g/mol. The molecule has 1 amide bonds. The number of carbonyl (C=O) groups is 2. The van der Waals surface area contributed by atoms with Crippen LogP contribution in [0.3, 0.4) is 0 Å². The molecule has 2 N–H and O–H groups in total. The summed E-state index contributed by atoms with van der Waals surface area (Å²) < 4.78 is 4.72. The smallest absolute Gasteiger partial charge is 0.303 e. The SMILES string of the molecule is COCCONC(=O)CC(C)(C)CC(=O)O. The standard InChI is InChI=1S/C10H19NO5/c1-10(2,7-9(13)14)6-8(12)11-16-5-4-15-3/h4-7H2,1-3H3,(H,11,12)(H,13,14). The summed E-state index contributed by atoms with van der Waals surface area (Å²) in [4.78, 5) is 26.7. The molecule has 0 atom stereocenters. The third kappa shape index (κ3) is 8.19. The zero-order valence-electron chi connectivity index (χ0n) is 9.91. The molecular weight excluding hydrogens is 214 g/mol. The number of aliphatic carboxylic acids is 1. The molecule has 0 radical (unpaired) electrons. The second kappa shape index (κ2) is 7.19. The predicted molar refractivity (Wildman–Crippen MR) is 56.6 cm³/mol. The van der Waals surface area contributed by atoms with E-state index in [9.17, 15) is 9.59 Å². The van der Waals surface area contributed by atoms with Crippen LogP contribution in [-0.2, 0) is 19.2 Å². The molecule has 0 aliphatic rings. The normalized spacial score (nSPS) is 11.2. The Morgan fingerprint density at radius 3 is 2.38 bits per heavy atom. The van der Waals surface area contributed by atoms with Crippen LogP contribution in [0.1, 0.15) is 26.7 Å². The molecule has 0 aromatic heterocycles. The van der Waals surface area contributed by atoms with Crippen LogP contribution in [-0.4, -0.2) is 37.3 Å². The molecule has 0 aliphatic heterocycles. The van der Waals surface area contributed by atoms with E-state index in [2.05, 4.69) is 5.48 Å². The minimum atomic E-state index is -0.918. The first-order chi connectivity index (χ1) is 7.37. The van der Waals surface area contributed by atoms with Crippen LogP contribution in [0.25, 0.3) is 0 Å². The molecular formula is C10H19NO5. The molecule has 0 aromatic carbocycles. The second-order valence-electron chi connectivity index (χ2n) is 4.28. The molecule has 6 nitrogen and oxygen atoms in total. The van der Waals surface area contributed by atoms with Crippen molar-refractivity contribution in [3.63, 3.8) is 0 Å². The highest BCUT2D eigenvalue weighted by Crippen LogP contribution is 2.24. The Labute approximate surface area is 94.9 Å². The van der Waals surface area contributed by atoms with Crippen molar-refractivity contribution in [2.45, 2.75) is 26.7 Å². The maximum atomic E-state index is 11.3. The number of amides is 1. The van der Waals surface area contributed by atoms with Crippen LogP contribution >= 0.6 is 0 Å². The van der Waals surface area contributed by atoms with Gasteiger partial charge in [-0.05, 0) is 5.41 Å². The van der Waals surface area contributed by atoms with E-state index < -0.39 is 11.4 Å². The van der Waals surface area contributed by atoms with E-state index >= 15 is 0 Å². The third-order valence-corrected chi connectivity index (χ3v) is 1.84. The molecule has 0 saturated heterocycles. The second-order valence-corrected chi connectivity index (χ2v) is 4.28. The summed E-state index contributed by atoms with van der Waals surface area (Å²) in [6, 6.07) is 0. The molecule has 0 aromatic rings. The largest absolute Gasteiger partial charge is 0.481 e. The molecule has 0 aliphatic carbocycles. The number of ether oxygens (including phenoxy) is 1. The maximum absolute atomic E-state index is 11.3. The van der Waals surface area contributed by atoms with E-state index in [4.69, 9.17) is 14.7 Å². The summed E-state index contributed by atoms with van der Waals surface area (Å²) in [5.41, 5.74) is 1.65. The van der Waals surface area contributed by atoms with Crippen LogP contribution in [0.15, 0.2) is 0 Å². The van der Waals surface area contributed by atoms with Gasteiger partial charge in [-0.3, -0.25) is 14.4 Å². The molecule has 94 valence electrons. The minimum Gasteiger partial charge on any atom is -0.481 e. The Morgan fingerprint density at radius 2 is 1.88 bits per heavy atom. The van der Waals surface area contributed by atoms with Crippen molar-refractivity contribution in [1.29, 1.82) is 0 Å². The van der Waals surface area contributed by atoms with Crippen LogP contribution in [0, 0.1) is 5.41 Å². The summed E-state index contributed by atoms with van der Waals surface area (Å²) in [5.74, 6) is -1.25. The van der Waals surface area contributed by atoms with Crippen molar-refractivity contribution in [1.82, 2.24) is 5.48 Å². The molecule has 0 bridgehead atoms. The van der Waals surface area contributed by atoms with E-state index in [1.165, 1.54) is 7.11 Å². The van der Waals surface area contributed by atoms with Gasteiger partial charge in [0.15, 0.2) is 0 Å². The number of hydroxylamine groups is 1. The van der Waals surface area contributed by atoms with Crippen LogP contribution < -0.4 is 5.48 Å². The topological polar surface area (TPSA) is 84.9 Å². The number of carbonyl (C=O) groups excluding carboxylic acids is 1. The first-order valence-corrected chi connectivity index (χ1v) is 4.99. The van der Waals surface area contributed by atoms with Gasteiger partial charge in [-0.1, -0.05) is 13.8 Å². The summed E-state index contributed by atoms with van der Waals surface area (Å²) in [6.45, 7) is 4.09. The highest BCUT2D eigenvalue weighted by Gasteiger charge is 2.25. The number of carboxylic acids is 1. The van der Waals surface area contributed by atoms with E-state index in [0.29, 0.717) is 6.61 Å². The summed E-state index contributed by atoms with van der Waals surface area (Å²) in [6.07, 6.45) is 0.0464. The number of rotatable bonds is 8. The predicted octanol–water partition coefficient (Wildman–Crippen LogP) is 0.572. The lowest BCUT2D eigenvalue weighted by atomic mass is 9.85. The Hall–Kier alpha value is -1.14. The van der Waals surface area contributed by atoms with Crippen LogP contribution in [0.5, 0.6) is 0 Å².